The molecule has 2 aliphatic heterocycles. The van der Waals surface area contributed by atoms with Crippen LogP contribution >= 0.6 is 0 Å². The molecule has 2 aromatic rings. The lowest BCUT2D eigenvalue weighted by molar-refractivity contribution is -0.125. The number of benzene rings is 1. The lowest BCUT2D eigenvalue weighted by Crippen LogP contribution is -2.36. The number of aromatic nitrogens is 3. The van der Waals surface area contributed by atoms with Gasteiger partial charge in [0.25, 0.3) is 0 Å². The summed E-state index contributed by atoms with van der Waals surface area (Å²) in [5.41, 5.74) is 0.537. The lowest BCUT2D eigenvalue weighted by atomic mass is 10.1. The molecule has 0 aliphatic carbocycles. The summed E-state index contributed by atoms with van der Waals surface area (Å²) in [5.74, 6) is 1.09. The summed E-state index contributed by atoms with van der Waals surface area (Å²) in [6.07, 6.45) is -0.0449. The van der Waals surface area contributed by atoms with Gasteiger partial charge in [-0.25, -0.2) is 4.68 Å². The van der Waals surface area contributed by atoms with E-state index in [4.69, 9.17) is 18.9 Å². The second-order valence-electron chi connectivity index (χ2n) is 6.46. The zero-order valence-electron chi connectivity index (χ0n) is 15.8. The Morgan fingerprint density at radius 3 is 2.97 bits per heavy atom. The SMILES string of the molecule is COCCOCc1nc2n(n1)C(C(=O)Nc1ccc3c(c1)OCCO3)CC(=O)N2. The zero-order valence-corrected chi connectivity index (χ0v) is 15.8. The van der Waals surface area contributed by atoms with E-state index in [0.717, 1.165) is 0 Å². The van der Waals surface area contributed by atoms with E-state index in [9.17, 15) is 9.59 Å². The highest BCUT2D eigenvalue weighted by Gasteiger charge is 2.33. The minimum absolute atomic E-state index is 0.0449. The lowest BCUT2D eigenvalue weighted by Gasteiger charge is -2.23. The molecule has 11 heteroatoms. The predicted octanol–water partition coefficient (Wildman–Crippen LogP) is 0.734. The van der Waals surface area contributed by atoms with Gasteiger partial charge >= 0.3 is 0 Å². The van der Waals surface area contributed by atoms with Gasteiger partial charge < -0.3 is 24.3 Å². The molecule has 2 amide bonds. The molecular formula is C18H21N5O6. The van der Waals surface area contributed by atoms with Crippen LogP contribution in [0.2, 0.25) is 0 Å². The Hall–Kier alpha value is -3.18. The van der Waals surface area contributed by atoms with Crippen LogP contribution in [0.15, 0.2) is 18.2 Å². The molecule has 2 aliphatic rings. The summed E-state index contributed by atoms with van der Waals surface area (Å²) in [6, 6.07) is 4.30. The van der Waals surface area contributed by atoms with Crippen molar-refractivity contribution in [1.82, 2.24) is 14.8 Å². The molecule has 154 valence electrons. The third kappa shape index (κ3) is 4.30. The van der Waals surface area contributed by atoms with Gasteiger partial charge in [-0.3, -0.25) is 14.9 Å². The molecule has 1 atom stereocenters. The van der Waals surface area contributed by atoms with Crippen LogP contribution in [0.1, 0.15) is 18.3 Å². The van der Waals surface area contributed by atoms with Crippen LogP contribution in [0, 0.1) is 0 Å². The van der Waals surface area contributed by atoms with Crippen molar-refractivity contribution in [3.8, 4) is 11.5 Å². The van der Waals surface area contributed by atoms with Crippen LogP contribution in [0.25, 0.3) is 0 Å². The predicted molar refractivity (Wildman–Crippen MR) is 99.9 cm³/mol. The van der Waals surface area contributed by atoms with E-state index in [1.54, 1.807) is 25.3 Å². The molecule has 1 unspecified atom stereocenters. The molecule has 11 nitrogen and oxygen atoms in total. The van der Waals surface area contributed by atoms with Gasteiger partial charge in [0.1, 0.15) is 25.9 Å². The minimum atomic E-state index is -0.827. The van der Waals surface area contributed by atoms with Gasteiger partial charge in [0.05, 0.1) is 19.6 Å². The Kier molecular flexibility index (Phi) is 5.58. The maximum atomic E-state index is 12.9. The Morgan fingerprint density at radius 2 is 2.14 bits per heavy atom. The highest BCUT2D eigenvalue weighted by atomic mass is 16.6. The number of anilines is 2. The molecule has 0 saturated carbocycles. The van der Waals surface area contributed by atoms with Crippen LogP contribution < -0.4 is 20.1 Å². The van der Waals surface area contributed by atoms with Gasteiger partial charge in [0.2, 0.25) is 17.8 Å². The summed E-state index contributed by atoms with van der Waals surface area (Å²) in [6.45, 7) is 1.93. The molecule has 1 aromatic heterocycles. The van der Waals surface area contributed by atoms with Gasteiger partial charge in [-0.15, -0.1) is 0 Å². The molecule has 2 N–H and O–H groups in total. The van der Waals surface area contributed by atoms with Gasteiger partial charge in [-0.2, -0.15) is 10.1 Å². The largest absolute Gasteiger partial charge is 0.486 e. The number of hydrogen-bond acceptors (Lipinski definition) is 8. The van der Waals surface area contributed by atoms with Gasteiger partial charge in [0.15, 0.2) is 17.3 Å². The van der Waals surface area contributed by atoms with E-state index in [0.29, 0.717) is 49.4 Å². The van der Waals surface area contributed by atoms with Crippen LogP contribution in [-0.2, 0) is 25.7 Å². The molecule has 0 bridgehead atoms. The maximum absolute atomic E-state index is 12.9. The first-order valence-corrected chi connectivity index (χ1v) is 9.16. The Bertz CT molecular complexity index is 914. The molecule has 0 fully saturated rings. The van der Waals surface area contributed by atoms with Crippen molar-refractivity contribution in [1.29, 1.82) is 0 Å². The maximum Gasteiger partial charge on any atom is 0.249 e. The Morgan fingerprint density at radius 1 is 1.31 bits per heavy atom. The van der Waals surface area contributed by atoms with Crippen LogP contribution in [0.5, 0.6) is 11.5 Å². The standard InChI is InChI=1S/C18H21N5O6/c1-26-4-5-27-10-15-20-18-21-16(24)9-12(23(18)22-15)17(25)19-11-2-3-13-14(8-11)29-7-6-28-13/h2-3,8,12H,4-7,9-10H2,1H3,(H,19,25)(H,20,21,22,24). The first-order valence-electron chi connectivity index (χ1n) is 9.16. The van der Waals surface area contributed by atoms with Crippen molar-refractivity contribution < 1.29 is 28.5 Å². The number of amides is 2. The van der Waals surface area contributed by atoms with Crippen molar-refractivity contribution in [2.24, 2.45) is 0 Å². The average Bonchev–Trinajstić information content (AvgIpc) is 3.13. The van der Waals surface area contributed by atoms with Crippen molar-refractivity contribution in [2.45, 2.75) is 19.1 Å². The fourth-order valence-corrected chi connectivity index (χ4v) is 3.03. The third-order valence-electron chi connectivity index (χ3n) is 4.38. The number of nitrogens with one attached hydrogen (secondary N) is 2. The average molecular weight is 403 g/mol. The highest BCUT2D eigenvalue weighted by molar-refractivity contribution is 6.00. The number of hydrogen-bond donors (Lipinski definition) is 2. The minimum Gasteiger partial charge on any atom is -0.486 e. The van der Waals surface area contributed by atoms with Crippen LogP contribution in [0.4, 0.5) is 11.6 Å². The number of methoxy groups -OCH3 is 1. The zero-order chi connectivity index (χ0) is 20.2. The Balaban J connectivity index is 1.47. The quantitative estimate of drug-likeness (QED) is 0.648. The van der Waals surface area contributed by atoms with Gasteiger partial charge in [0, 0.05) is 18.9 Å². The summed E-state index contributed by atoms with van der Waals surface area (Å²) >= 11 is 0. The number of rotatable bonds is 7. The van der Waals surface area contributed by atoms with E-state index in [-0.39, 0.29) is 30.8 Å². The fourth-order valence-electron chi connectivity index (χ4n) is 3.03. The number of ether oxygens (including phenoxy) is 4. The van der Waals surface area contributed by atoms with Crippen molar-refractivity contribution in [3.63, 3.8) is 0 Å². The molecule has 0 radical (unpaired) electrons. The molecule has 4 rings (SSSR count). The van der Waals surface area contributed by atoms with E-state index in [1.807, 2.05) is 0 Å². The number of fused-ring (bicyclic) bond motifs is 2. The number of nitrogens with zero attached hydrogens (tertiary/aromatic N) is 3. The van der Waals surface area contributed by atoms with Crippen molar-refractivity contribution in [3.05, 3.63) is 24.0 Å². The normalized spacial score (nSPS) is 17.4. The number of carbonyl (C=O) groups excluding carboxylic acids is 2. The third-order valence-corrected chi connectivity index (χ3v) is 4.38. The highest BCUT2D eigenvalue weighted by Crippen LogP contribution is 2.33. The van der Waals surface area contributed by atoms with Gasteiger partial charge in [-0.1, -0.05) is 0 Å². The van der Waals surface area contributed by atoms with E-state index in [1.165, 1.54) is 4.68 Å². The summed E-state index contributed by atoms with van der Waals surface area (Å²) in [7, 11) is 1.58. The molecule has 0 spiro atoms. The van der Waals surface area contributed by atoms with E-state index < -0.39 is 6.04 Å². The van der Waals surface area contributed by atoms with E-state index in [2.05, 4.69) is 20.7 Å². The molecule has 3 heterocycles. The number of carbonyl (C=O) groups is 2. The summed E-state index contributed by atoms with van der Waals surface area (Å²) in [5, 5.41) is 9.74. The van der Waals surface area contributed by atoms with Gasteiger partial charge in [-0.05, 0) is 12.1 Å². The molecular weight excluding hydrogens is 382 g/mol. The summed E-state index contributed by atoms with van der Waals surface area (Å²) < 4.78 is 22.7. The second kappa shape index (κ2) is 8.45. The molecule has 1 aromatic carbocycles. The van der Waals surface area contributed by atoms with Crippen LogP contribution in [-0.4, -0.2) is 60.1 Å². The topological polar surface area (TPSA) is 126 Å². The van der Waals surface area contributed by atoms with Crippen LogP contribution in [0.3, 0.4) is 0 Å². The Labute approximate surface area is 166 Å². The van der Waals surface area contributed by atoms with E-state index >= 15 is 0 Å². The smallest absolute Gasteiger partial charge is 0.249 e. The van der Waals surface area contributed by atoms with Crippen molar-refractivity contribution >= 4 is 23.5 Å². The van der Waals surface area contributed by atoms with Crippen molar-refractivity contribution in [2.75, 3.05) is 44.2 Å². The fraction of sp³-hybridized carbons (Fsp3) is 0.444. The second-order valence-corrected chi connectivity index (χ2v) is 6.46. The molecule has 0 saturated heterocycles. The molecule has 29 heavy (non-hydrogen) atoms. The first kappa shape index (κ1) is 19.2. The first-order chi connectivity index (χ1) is 14.1. The monoisotopic (exact) mass is 403 g/mol. The summed E-state index contributed by atoms with van der Waals surface area (Å²) in [4.78, 5) is 29.1.